The van der Waals surface area contributed by atoms with Crippen molar-refractivity contribution in [2.24, 2.45) is 0 Å². The molecule has 0 spiro atoms. The number of hydrogen-bond donors (Lipinski definition) is 1. The molecule has 2 aromatic rings. The highest BCUT2D eigenvalue weighted by atomic mass is 35.5. The van der Waals surface area contributed by atoms with Gasteiger partial charge in [-0.1, -0.05) is 23.7 Å². The van der Waals surface area contributed by atoms with Gasteiger partial charge < -0.3 is 5.11 Å². The van der Waals surface area contributed by atoms with E-state index in [0.29, 0.717) is 11.6 Å². The lowest BCUT2D eigenvalue weighted by atomic mass is 10.0. The van der Waals surface area contributed by atoms with E-state index in [4.69, 9.17) is 11.6 Å². The van der Waals surface area contributed by atoms with Crippen LogP contribution in [0.3, 0.4) is 0 Å². The molecule has 0 radical (unpaired) electrons. The maximum Gasteiger partial charge on any atom is 0.325 e. The monoisotopic (exact) mass is 307 g/mol. The summed E-state index contributed by atoms with van der Waals surface area (Å²) in [5.41, 5.74) is 1.98. The molecule has 0 saturated heterocycles. The second-order valence-corrected chi connectivity index (χ2v) is 6.32. The van der Waals surface area contributed by atoms with Crippen molar-refractivity contribution in [2.45, 2.75) is 19.0 Å². The Morgan fingerprint density at radius 2 is 2.25 bits per heavy atom. The quantitative estimate of drug-likeness (QED) is 0.942. The van der Waals surface area contributed by atoms with Gasteiger partial charge in [0, 0.05) is 23.0 Å². The van der Waals surface area contributed by atoms with Crippen LogP contribution in [-0.4, -0.2) is 22.5 Å². The fourth-order valence-electron chi connectivity index (χ4n) is 2.68. The number of halogens is 1. The molecule has 0 aliphatic carbocycles. The van der Waals surface area contributed by atoms with Crippen LogP contribution in [0.4, 0.5) is 0 Å². The summed E-state index contributed by atoms with van der Waals surface area (Å²) in [6.07, 6.45) is 0.914. The Morgan fingerprint density at radius 3 is 3.00 bits per heavy atom. The Morgan fingerprint density at radius 1 is 1.40 bits per heavy atom. The highest BCUT2D eigenvalue weighted by Crippen LogP contribution is 2.31. The number of carboxylic acids is 1. The number of benzene rings is 1. The highest BCUT2D eigenvalue weighted by Gasteiger charge is 2.30. The van der Waals surface area contributed by atoms with Gasteiger partial charge in [0.15, 0.2) is 0 Å². The predicted molar refractivity (Wildman–Crippen MR) is 80.3 cm³/mol. The Bertz CT molecular complexity index is 640. The molecule has 3 nitrogen and oxygen atoms in total. The van der Waals surface area contributed by atoms with Gasteiger partial charge in [-0.25, -0.2) is 0 Å². The maximum atomic E-state index is 11.7. The van der Waals surface area contributed by atoms with Gasteiger partial charge in [-0.3, -0.25) is 9.69 Å². The van der Waals surface area contributed by atoms with Gasteiger partial charge in [0.2, 0.25) is 0 Å². The molecule has 104 valence electrons. The molecular formula is C15H14ClNO2S. The van der Waals surface area contributed by atoms with E-state index < -0.39 is 12.0 Å². The lowest BCUT2D eigenvalue weighted by molar-refractivity contribution is -0.144. The molecule has 0 amide bonds. The number of carbonyl (C=O) groups is 1. The van der Waals surface area contributed by atoms with E-state index in [1.54, 1.807) is 29.5 Å². The zero-order valence-electron chi connectivity index (χ0n) is 10.8. The van der Waals surface area contributed by atoms with Crippen molar-refractivity contribution in [3.05, 3.63) is 56.7 Å². The van der Waals surface area contributed by atoms with Crippen LogP contribution in [0.15, 0.2) is 35.7 Å². The largest absolute Gasteiger partial charge is 0.480 e. The summed E-state index contributed by atoms with van der Waals surface area (Å²) >= 11 is 7.74. The van der Waals surface area contributed by atoms with Crippen molar-refractivity contribution in [1.82, 2.24) is 4.90 Å². The molecule has 3 rings (SSSR count). The van der Waals surface area contributed by atoms with Crippen LogP contribution in [0.2, 0.25) is 5.02 Å². The maximum absolute atomic E-state index is 11.7. The van der Waals surface area contributed by atoms with Gasteiger partial charge in [0.1, 0.15) is 6.04 Å². The van der Waals surface area contributed by atoms with E-state index in [9.17, 15) is 9.90 Å². The molecule has 0 bridgehead atoms. The Balaban J connectivity index is 1.91. The molecule has 1 unspecified atom stereocenters. The van der Waals surface area contributed by atoms with Gasteiger partial charge in [0.05, 0.1) is 0 Å². The van der Waals surface area contributed by atoms with Crippen LogP contribution < -0.4 is 0 Å². The van der Waals surface area contributed by atoms with E-state index >= 15 is 0 Å². The first-order valence-corrected chi connectivity index (χ1v) is 7.68. The topological polar surface area (TPSA) is 40.5 Å². The lowest BCUT2D eigenvalue weighted by Crippen LogP contribution is -2.37. The van der Waals surface area contributed by atoms with E-state index in [2.05, 4.69) is 11.4 Å². The summed E-state index contributed by atoms with van der Waals surface area (Å²) < 4.78 is 0. The minimum Gasteiger partial charge on any atom is -0.480 e. The van der Waals surface area contributed by atoms with Crippen molar-refractivity contribution in [2.75, 3.05) is 6.54 Å². The van der Waals surface area contributed by atoms with Crippen molar-refractivity contribution in [3.63, 3.8) is 0 Å². The third kappa shape index (κ3) is 2.59. The van der Waals surface area contributed by atoms with Gasteiger partial charge in [-0.05, 0) is 41.1 Å². The standard InChI is InChI=1S/C15H14ClNO2S/c16-12-3-1-2-10(8-12)14(15(18)19)17-6-4-13-11(9-17)5-7-20-13/h1-3,5,7-8,14H,4,6,9H2,(H,18,19). The SMILES string of the molecule is O=C(O)C(c1cccc(Cl)c1)N1CCc2sccc2C1. The number of fused-ring (bicyclic) bond motifs is 1. The summed E-state index contributed by atoms with van der Waals surface area (Å²) in [5, 5.41) is 12.2. The molecule has 20 heavy (non-hydrogen) atoms. The molecule has 1 aliphatic rings. The zero-order valence-corrected chi connectivity index (χ0v) is 12.3. The molecule has 0 fully saturated rings. The first-order valence-electron chi connectivity index (χ1n) is 6.43. The second kappa shape index (κ2) is 5.56. The van der Waals surface area contributed by atoms with Crippen molar-refractivity contribution in [1.29, 1.82) is 0 Å². The minimum absolute atomic E-state index is 0.571. The summed E-state index contributed by atoms with van der Waals surface area (Å²) in [6.45, 7) is 1.44. The predicted octanol–water partition coefficient (Wildman–Crippen LogP) is 3.59. The summed E-state index contributed by atoms with van der Waals surface area (Å²) in [6, 6.07) is 8.58. The Kier molecular flexibility index (Phi) is 3.78. The molecule has 5 heteroatoms. The summed E-state index contributed by atoms with van der Waals surface area (Å²) in [4.78, 5) is 15.1. The van der Waals surface area contributed by atoms with Crippen molar-refractivity contribution >= 4 is 28.9 Å². The molecule has 1 aromatic carbocycles. The number of carboxylic acid groups (broad SMARTS) is 1. The molecule has 1 atom stereocenters. The Labute approximate surface area is 126 Å². The van der Waals surface area contributed by atoms with E-state index in [-0.39, 0.29) is 0 Å². The Hall–Kier alpha value is -1.36. The van der Waals surface area contributed by atoms with E-state index in [1.807, 2.05) is 11.0 Å². The van der Waals surface area contributed by atoms with Crippen molar-refractivity contribution in [3.8, 4) is 0 Å². The third-order valence-corrected chi connectivity index (χ3v) is 4.86. The van der Waals surface area contributed by atoms with Crippen LogP contribution in [0.5, 0.6) is 0 Å². The van der Waals surface area contributed by atoms with Gasteiger partial charge >= 0.3 is 5.97 Å². The molecule has 1 aliphatic heterocycles. The average Bonchev–Trinajstić information content (AvgIpc) is 2.86. The van der Waals surface area contributed by atoms with Crippen LogP contribution in [0, 0.1) is 0 Å². The second-order valence-electron chi connectivity index (χ2n) is 4.89. The smallest absolute Gasteiger partial charge is 0.325 e. The third-order valence-electron chi connectivity index (χ3n) is 3.60. The van der Waals surface area contributed by atoms with Gasteiger partial charge in [0.25, 0.3) is 0 Å². The highest BCUT2D eigenvalue weighted by molar-refractivity contribution is 7.10. The zero-order chi connectivity index (χ0) is 14.1. The number of hydrogen-bond acceptors (Lipinski definition) is 3. The molecule has 0 saturated carbocycles. The molecule has 1 aromatic heterocycles. The number of thiophene rings is 1. The van der Waals surface area contributed by atoms with Gasteiger partial charge in [-0.2, -0.15) is 0 Å². The fourth-order valence-corrected chi connectivity index (χ4v) is 3.77. The fraction of sp³-hybridized carbons (Fsp3) is 0.267. The van der Waals surface area contributed by atoms with Crippen LogP contribution in [0.25, 0.3) is 0 Å². The first kappa shape index (κ1) is 13.6. The van der Waals surface area contributed by atoms with Gasteiger partial charge in [-0.15, -0.1) is 11.3 Å². The minimum atomic E-state index is -0.828. The lowest BCUT2D eigenvalue weighted by Gasteiger charge is -2.32. The molecular weight excluding hydrogens is 294 g/mol. The number of nitrogens with zero attached hydrogens (tertiary/aromatic N) is 1. The summed E-state index contributed by atoms with van der Waals surface area (Å²) in [5.74, 6) is -0.828. The molecule has 2 heterocycles. The van der Waals surface area contributed by atoms with E-state index in [0.717, 1.165) is 18.5 Å². The van der Waals surface area contributed by atoms with E-state index in [1.165, 1.54) is 10.4 Å². The molecule has 1 N–H and O–H groups in total. The summed E-state index contributed by atoms with van der Waals surface area (Å²) in [7, 11) is 0. The normalized spacial score (nSPS) is 16.6. The number of aliphatic carboxylic acids is 1. The van der Waals surface area contributed by atoms with Crippen LogP contribution >= 0.6 is 22.9 Å². The first-order chi connectivity index (χ1) is 9.65. The average molecular weight is 308 g/mol. The van der Waals surface area contributed by atoms with Crippen molar-refractivity contribution < 1.29 is 9.90 Å². The number of rotatable bonds is 3. The van der Waals surface area contributed by atoms with Crippen LogP contribution in [0.1, 0.15) is 22.0 Å². The van der Waals surface area contributed by atoms with Crippen LogP contribution in [-0.2, 0) is 17.8 Å².